The van der Waals surface area contributed by atoms with Gasteiger partial charge in [0, 0.05) is 18.2 Å². The molecule has 0 amide bonds. The Bertz CT molecular complexity index is 823. The minimum Gasteiger partial charge on any atom is -0.394 e. The van der Waals surface area contributed by atoms with Gasteiger partial charge in [-0.1, -0.05) is 24.3 Å². The highest BCUT2D eigenvalue weighted by atomic mass is 15.3. The summed E-state index contributed by atoms with van der Waals surface area (Å²) in [6, 6.07) is 10.3. The lowest BCUT2D eigenvalue weighted by Gasteiger charge is -2.12. The second-order valence-electron chi connectivity index (χ2n) is 5.91. The molecule has 0 radical (unpaired) electrons. The molecule has 0 aliphatic heterocycles. The summed E-state index contributed by atoms with van der Waals surface area (Å²) in [5.74, 6) is 0.916. The van der Waals surface area contributed by atoms with E-state index in [9.17, 15) is 0 Å². The molecule has 0 unspecified atom stereocenters. The summed E-state index contributed by atoms with van der Waals surface area (Å²) in [6.45, 7) is 4.00. The van der Waals surface area contributed by atoms with E-state index in [-0.39, 0.29) is 0 Å². The number of aromatic nitrogens is 3. The van der Waals surface area contributed by atoms with Gasteiger partial charge in [0.05, 0.1) is 17.6 Å². The van der Waals surface area contributed by atoms with Crippen molar-refractivity contribution in [3.05, 3.63) is 42.1 Å². The van der Waals surface area contributed by atoms with Crippen molar-refractivity contribution in [1.29, 1.82) is 0 Å². The Morgan fingerprint density at radius 1 is 1.17 bits per heavy atom. The van der Waals surface area contributed by atoms with Crippen molar-refractivity contribution in [2.75, 3.05) is 31.2 Å². The molecular formula is C18H24N6. The van der Waals surface area contributed by atoms with E-state index in [0.29, 0.717) is 11.3 Å². The fraction of sp³-hybridized carbons (Fsp3) is 0.333. The molecular weight excluding hydrogens is 300 g/mol. The number of nitrogens with one attached hydrogen (secondary N) is 2. The van der Waals surface area contributed by atoms with Crippen LogP contribution in [0.5, 0.6) is 0 Å². The number of hydrogen-bond acceptors (Lipinski definition) is 5. The first-order valence-electron chi connectivity index (χ1n) is 8.29. The summed E-state index contributed by atoms with van der Waals surface area (Å²) in [4.78, 5) is 4.71. The number of hydrogen-bond donors (Lipinski definition) is 3. The number of unbranched alkanes of at least 4 members (excludes halogenated alkanes) is 1. The fourth-order valence-electron chi connectivity index (χ4n) is 2.75. The molecule has 0 spiro atoms. The number of fused-ring (bicyclic) bond motifs is 1. The van der Waals surface area contributed by atoms with Gasteiger partial charge in [-0.2, -0.15) is 9.61 Å². The van der Waals surface area contributed by atoms with Crippen LogP contribution in [-0.4, -0.2) is 34.7 Å². The van der Waals surface area contributed by atoms with Crippen molar-refractivity contribution in [2.24, 2.45) is 0 Å². The first-order chi connectivity index (χ1) is 11.7. The third-order valence-corrected chi connectivity index (χ3v) is 4.08. The van der Waals surface area contributed by atoms with E-state index < -0.39 is 0 Å². The lowest BCUT2D eigenvalue weighted by molar-refractivity contribution is 0.692. The highest BCUT2D eigenvalue weighted by Crippen LogP contribution is 2.26. The van der Waals surface area contributed by atoms with E-state index in [1.54, 1.807) is 10.7 Å². The normalized spacial score (nSPS) is 11.1. The molecule has 3 rings (SSSR count). The van der Waals surface area contributed by atoms with Gasteiger partial charge in [-0.05, 0) is 38.9 Å². The predicted octanol–water partition coefficient (Wildman–Crippen LogP) is 2.70. The summed E-state index contributed by atoms with van der Waals surface area (Å²) < 4.78 is 1.77. The molecule has 6 nitrogen and oxygen atoms in total. The van der Waals surface area contributed by atoms with Gasteiger partial charge in [0.1, 0.15) is 5.82 Å². The second-order valence-corrected chi connectivity index (χ2v) is 5.91. The third kappa shape index (κ3) is 3.33. The monoisotopic (exact) mass is 324 g/mol. The maximum atomic E-state index is 6.04. The van der Waals surface area contributed by atoms with Gasteiger partial charge in [0.2, 0.25) is 0 Å². The molecule has 2 heterocycles. The summed E-state index contributed by atoms with van der Waals surface area (Å²) >= 11 is 0. The lowest BCUT2D eigenvalue weighted by atomic mass is 10.1. The van der Waals surface area contributed by atoms with Gasteiger partial charge in [-0.15, -0.1) is 0 Å². The van der Waals surface area contributed by atoms with Crippen molar-refractivity contribution >= 4 is 17.2 Å². The second kappa shape index (κ2) is 7.31. The largest absolute Gasteiger partial charge is 0.394 e. The summed E-state index contributed by atoms with van der Waals surface area (Å²) in [5, 5.41) is 11.0. The van der Waals surface area contributed by atoms with Crippen molar-refractivity contribution < 1.29 is 0 Å². The molecule has 0 fully saturated rings. The molecule has 0 saturated carbocycles. The van der Waals surface area contributed by atoms with Gasteiger partial charge in [-0.25, -0.2) is 4.98 Å². The van der Waals surface area contributed by atoms with Gasteiger partial charge < -0.3 is 16.4 Å². The van der Waals surface area contributed by atoms with Crippen molar-refractivity contribution in [2.45, 2.75) is 19.8 Å². The Hall–Kier alpha value is -2.60. The van der Waals surface area contributed by atoms with E-state index in [1.807, 2.05) is 25.2 Å². The van der Waals surface area contributed by atoms with Crippen LogP contribution in [0.1, 0.15) is 18.4 Å². The Balaban J connectivity index is 1.94. The Labute approximate surface area is 142 Å². The number of anilines is 2. The third-order valence-electron chi connectivity index (χ3n) is 4.08. The van der Waals surface area contributed by atoms with Crippen molar-refractivity contribution in [3.8, 4) is 11.3 Å². The first-order valence-corrected chi connectivity index (χ1v) is 8.29. The van der Waals surface area contributed by atoms with Crippen LogP contribution in [-0.2, 0) is 0 Å². The molecule has 4 N–H and O–H groups in total. The molecule has 3 aromatic rings. The molecule has 0 bridgehead atoms. The molecule has 2 aromatic heterocycles. The Morgan fingerprint density at radius 2 is 1.96 bits per heavy atom. The van der Waals surface area contributed by atoms with E-state index in [4.69, 9.17) is 10.7 Å². The maximum Gasteiger partial charge on any atom is 0.181 e. The van der Waals surface area contributed by atoms with Gasteiger partial charge in [-0.3, -0.25) is 0 Å². The van der Waals surface area contributed by atoms with Gasteiger partial charge >= 0.3 is 0 Å². The van der Waals surface area contributed by atoms with Crippen LogP contribution in [0.3, 0.4) is 0 Å². The van der Waals surface area contributed by atoms with E-state index >= 15 is 0 Å². The number of aryl methyl sites for hydroxylation is 1. The number of nitrogen functional groups attached to an aromatic ring is 1. The molecule has 1 aromatic carbocycles. The average Bonchev–Trinajstić information content (AvgIpc) is 2.96. The molecule has 126 valence electrons. The highest BCUT2D eigenvalue weighted by molar-refractivity contribution is 5.74. The number of rotatable bonds is 7. The summed E-state index contributed by atoms with van der Waals surface area (Å²) in [7, 11) is 1.97. The standard InChI is InChI=1S/C18H24N6/c1-13-7-3-4-8-14(13)16-11-17(21-10-6-5-9-20-2)24-18(23-16)15(19)12-22-24/h3-4,7-8,11-12,20-21H,5-6,9-10,19H2,1-2H3. The number of nitrogens with two attached hydrogens (primary N) is 1. The van der Waals surface area contributed by atoms with E-state index in [2.05, 4.69) is 34.8 Å². The Kier molecular flexibility index (Phi) is 4.96. The zero-order valence-corrected chi connectivity index (χ0v) is 14.2. The SMILES string of the molecule is CNCCCCNc1cc(-c2ccccc2C)nc2c(N)cnn12. The molecule has 24 heavy (non-hydrogen) atoms. The highest BCUT2D eigenvalue weighted by Gasteiger charge is 2.12. The fourth-order valence-corrected chi connectivity index (χ4v) is 2.75. The van der Waals surface area contributed by atoms with Crippen LogP contribution >= 0.6 is 0 Å². The van der Waals surface area contributed by atoms with Gasteiger partial charge in [0.15, 0.2) is 5.65 Å². The van der Waals surface area contributed by atoms with Crippen LogP contribution < -0.4 is 16.4 Å². The zero-order valence-electron chi connectivity index (χ0n) is 14.2. The summed E-state index contributed by atoms with van der Waals surface area (Å²) in [5.41, 5.74) is 10.5. The van der Waals surface area contributed by atoms with Crippen molar-refractivity contribution in [3.63, 3.8) is 0 Å². The van der Waals surface area contributed by atoms with E-state index in [0.717, 1.165) is 43.0 Å². The zero-order chi connectivity index (χ0) is 16.9. The molecule has 0 atom stereocenters. The van der Waals surface area contributed by atoms with Crippen LogP contribution in [0.4, 0.5) is 11.5 Å². The van der Waals surface area contributed by atoms with Crippen LogP contribution in [0.2, 0.25) is 0 Å². The smallest absolute Gasteiger partial charge is 0.181 e. The quantitative estimate of drug-likeness (QED) is 0.582. The van der Waals surface area contributed by atoms with Crippen LogP contribution in [0.15, 0.2) is 36.5 Å². The number of benzene rings is 1. The predicted molar refractivity (Wildman–Crippen MR) is 99.2 cm³/mol. The minimum absolute atomic E-state index is 0.587. The van der Waals surface area contributed by atoms with Crippen LogP contribution in [0.25, 0.3) is 16.9 Å². The lowest BCUT2D eigenvalue weighted by Crippen LogP contribution is -2.12. The number of nitrogens with zero attached hydrogens (tertiary/aromatic N) is 3. The minimum atomic E-state index is 0.587. The Morgan fingerprint density at radius 3 is 2.75 bits per heavy atom. The van der Waals surface area contributed by atoms with Gasteiger partial charge in [0.25, 0.3) is 0 Å². The molecule has 6 heteroatoms. The van der Waals surface area contributed by atoms with E-state index in [1.165, 1.54) is 5.56 Å². The molecule has 0 aliphatic carbocycles. The van der Waals surface area contributed by atoms with Crippen molar-refractivity contribution in [1.82, 2.24) is 19.9 Å². The molecule has 0 saturated heterocycles. The summed E-state index contributed by atoms with van der Waals surface area (Å²) in [6.07, 6.45) is 3.86. The first kappa shape index (κ1) is 16.3. The topological polar surface area (TPSA) is 80.3 Å². The van der Waals surface area contributed by atoms with Crippen LogP contribution in [0, 0.1) is 6.92 Å². The maximum absolute atomic E-state index is 6.04. The average molecular weight is 324 g/mol. The molecule has 0 aliphatic rings.